The summed E-state index contributed by atoms with van der Waals surface area (Å²) >= 11 is 0. The van der Waals surface area contributed by atoms with Crippen LogP contribution in [0.4, 0.5) is 5.69 Å². The van der Waals surface area contributed by atoms with Gasteiger partial charge in [0.15, 0.2) is 17.0 Å². The highest BCUT2D eigenvalue weighted by molar-refractivity contribution is 5.79. The maximum atomic E-state index is 5.87. The summed E-state index contributed by atoms with van der Waals surface area (Å²) in [6, 6.07) is 14.2. The van der Waals surface area contributed by atoms with Gasteiger partial charge in [-0.1, -0.05) is 24.3 Å². The summed E-state index contributed by atoms with van der Waals surface area (Å²) in [4.78, 5) is 4.60. The molecule has 4 heteroatoms. The van der Waals surface area contributed by atoms with Gasteiger partial charge in [-0.3, -0.25) is 0 Å². The van der Waals surface area contributed by atoms with E-state index in [0.29, 0.717) is 5.92 Å². The summed E-state index contributed by atoms with van der Waals surface area (Å²) in [6.07, 6.45) is 0.793. The van der Waals surface area contributed by atoms with Gasteiger partial charge in [-0.25, -0.2) is 4.98 Å². The third-order valence-corrected chi connectivity index (χ3v) is 4.01. The summed E-state index contributed by atoms with van der Waals surface area (Å²) in [6.45, 7) is 0.926. The summed E-state index contributed by atoms with van der Waals surface area (Å²) in [7, 11) is 1.65. The van der Waals surface area contributed by atoms with Crippen LogP contribution in [0.2, 0.25) is 0 Å². The number of aromatic nitrogens is 1. The topological polar surface area (TPSA) is 47.3 Å². The summed E-state index contributed by atoms with van der Waals surface area (Å²) in [5.41, 5.74) is 4.14. The van der Waals surface area contributed by atoms with Gasteiger partial charge < -0.3 is 14.5 Å². The van der Waals surface area contributed by atoms with Crippen molar-refractivity contribution in [3.05, 3.63) is 53.9 Å². The molecule has 21 heavy (non-hydrogen) atoms. The van der Waals surface area contributed by atoms with Crippen molar-refractivity contribution < 1.29 is 9.15 Å². The zero-order chi connectivity index (χ0) is 14.2. The van der Waals surface area contributed by atoms with Crippen LogP contribution in [0, 0.1) is 0 Å². The number of hydrogen-bond acceptors (Lipinski definition) is 4. The van der Waals surface area contributed by atoms with E-state index in [1.54, 1.807) is 7.11 Å². The molecule has 0 fully saturated rings. The van der Waals surface area contributed by atoms with Gasteiger partial charge in [-0.15, -0.1) is 0 Å². The molecule has 1 N–H and O–H groups in total. The van der Waals surface area contributed by atoms with E-state index in [0.717, 1.165) is 35.7 Å². The highest BCUT2D eigenvalue weighted by Gasteiger charge is 2.24. The zero-order valence-electron chi connectivity index (χ0n) is 11.8. The second-order valence-corrected chi connectivity index (χ2v) is 5.28. The van der Waals surface area contributed by atoms with Gasteiger partial charge in [-0.05, 0) is 23.8 Å². The lowest BCUT2D eigenvalue weighted by molar-refractivity contribution is 0.419. The number of anilines is 1. The van der Waals surface area contributed by atoms with Crippen molar-refractivity contribution in [2.24, 2.45) is 0 Å². The van der Waals surface area contributed by atoms with Crippen molar-refractivity contribution in [2.45, 2.75) is 12.3 Å². The summed E-state index contributed by atoms with van der Waals surface area (Å²) in [5.74, 6) is 1.92. The van der Waals surface area contributed by atoms with Crippen LogP contribution >= 0.6 is 0 Å². The average Bonchev–Trinajstić information content (AvgIpc) is 3.11. The minimum Gasteiger partial charge on any atom is -0.494 e. The fourth-order valence-corrected chi connectivity index (χ4v) is 2.97. The number of ether oxygens (including phenoxy) is 1. The third kappa shape index (κ3) is 2.03. The Morgan fingerprint density at radius 1 is 1.24 bits per heavy atom. The van der Waals surface area contributed by atoms with Gasteiger partial charge in [0.05, 0.1) is 7.11 Å². The number of nitrogens with one attached hydrogen (secondary N) is 1. The SMILES string of the molecule is COc1cccc2oc(CC3CNc4ccccc43)nc12. The Hall–Kier alpha value is -2.49. The number of rotatable bonds is 3. The molecule has 0 saturated carbocycles. The van der Waals surface area contributed by atoms with E-state index >= 15 is 0 Å². The predicted octanol–water partition coefficient (Wildman–Crippen LogP) is 3.59. The first kappa shape index (κ1) is 12.3. The van der Waals surface area contributed by atoms with Crippen LogP contribution in [-0.4, -0.2) is 18.6 Å². The minimum atomic E-state index is 0.403. The van der Waals surface area contributed by atoms with Crippen LogP contribution in [0.25, 0.3) is 11.1 Å². The van der Waals surface area contributed by atoms with Gasteiger partial charge >= 0.3 is 0 Å². The molecule has 2 aromatic carbocycles. The van der Waals surface area contributed by atoms with Gasteiger partial charge in [0.25, 0.3) is 0 Å². The van der Waals surface area contributed by atoms with E-state index in [1.807, 2.05) is 18.2 Å². The van der Waals surface area contributed by atoms with Crippen molar-refractivity contribution in [2.75, 3.05) is 19.0 Å². The molecule has 0 amide bonds. The number of oxazole rings is 1. The van der Waals surface area contributed by atoms with E-state index in [-0.39, 0.29) is 0 Å². The zero-order valence-corrected chi connectivity index (χ0v) is 11.8. The Kier molecular flexibility index (Phi) is 2.81. The van der Waals surface area contributed by atoms with Gasteiger partial charge in [0, 0.05) is 24.6 Å². The van der Waals surface area contributed by atoms with Crippen molar-refractivity contribution in [1.29, 1.82) is 0 Å². The van der Waals surface area contributed by atoms with Crippen molar-refractivity contribution in [3.8, 4) is 5.75 Å². The molecule has 2 heterocycles. The highest BCUT2D eigenvalue weighted by Crippen LogP contribution is 2.34. The predicted molar refractivity (Wildman–Crippen MR) is 81.9 cm³/mol. The molecule has 4 nitrogen and oxygen atoms in total. The molecular weight excluding hydrogens is 264 g/mol. The fourth-order valence-electron chi connectivity index (χ4n) is 2.97. The lowest BCUT2D eigenvalue weighted by atomic mass is 9.98. The van der Waals surface area contributed by atoms with Crippen LogP contribution in [0.5, 0.6) is 5.75 Å². The van der Waals surface area contributed by atoms with Gasteiger partial charge in [-0.2, -0.15) is 0 Å². The molecule has 1 aromatic heterocycles. The first-order chi connectivity index (χ1) is 10.3. The largest absolute Gasteiger partial charge is 0.494 e. The quantitative estimate of drug-likeness (QED) is 0.796. The molecule has 0 radical (unpaired) electrons. The first-order valence-electron chi connectivity index (χ1n) is 7.10. The molecule has 0 aliphatic carbocycles. The Balaban J connectivity index is 1.67. The van der Waals surface area contributed by atoms with E-state index in [9.17, 15) is 0 Å². The number of fused-ring (bicyclic) bond motifs is 2. The fraction of sp³-hybridized carbons (Fsp3) is 0.235. The normalized spacial score (nSPS) is 16.7. The number of hydrogen-bond donors (Lipinski definition) is 1. The monoisotopic (exact) mass is 280 g/mol. The number of nitrogens with zero attached hydrogens (tertiary/aromatic N) is 1. The number of methoxy groups -OCH3 is 1. The number of para-hydroxylation sites is 2. The Bertz CT molecular complexity index is 794. The van der Waals surface area contributed by atoms with E-state index in [1.165, 1.54) is 11.3 Å². The van der Waals surface area contributed by atoms with Gasteiger partial charge in [0.2, 0.25) is 0 Å². The second-order valence-electron chi connectivity index (χ2n) is 5.28. The Labute approximate surface area is 122 Å². The molecule has 0 spiro atoms. The van der Waals surface area contributed by atoms with Crippen LogP contribution < -0.4 is 10.1 Å². The molecule has 4 rings (SSSR count). The second kappa shape index (κ2) is 4.81. The van der Waals surface area contributed by atoms with Crippen LogP contribution in [0.3, 0.4) is 0 Å². The summed E-state index contributed by atoms with van der Waals surface area (Å²) in [5, 5.41) is 3.43. The summed E-state index contributed by atoms with van der Waals surface area (Å²) < 4.78 is 11.2. The molecule has 1 aliphatic rings. The van der Waals surface area contributed by atoms with Crippen LogP contribution in [0.15, 0.2) is 46.9 Å². The molecule has 3 aromatic rings. The van der Waals surface area contributed by atoms with Gasteiger partial charge in [0.1, 0.15) is 5.75 Å². The molecule has 1 atom stereocenters. The van der Waals surface area contributed by atoms with Crippen LogP contribution in [-0.2, 0) is 6.42 Å². The Morgan fingerprint density at radius 2 is 2.14 bits per heavy atom. The van der Waals surface area contributed by atoms with Crippen LogP contribution in [0.1, 0.15) is 17.4 Å². The molecule has 106 valence electrons. The maximum absolute atomic E-state index is 5.87. The minimum absolute atomic E-state index is 0.403. The van der Waals surface area contributed by atoms with Crippen molar-refractivity contribution in [1.82, 2.24) is 4.98 Å². The lowest BCUT2D eigenvalue weighted by Gasteiger charge is -2.06. The lowest BCUT2D eigenvalue weighted by Crippen LogP contribution is -2.05. The average molecular weight is 280 g/mol. The highest BCUT2D eigenvalue weighted by atomic mass is 16.5. The van der Waals surface area contributed by atoms with Crippen molar-refractivity contribution >= 4 is 16.8 Å². The molecule has 1 aliphatic heterocycles. The van der Waals surface area contributed by atoms with Crippen molar-refractivity contribution in [3.63, 3.8) is 0 Å². The molecule has 1 unspecified atom stereocenters. The van der Waals surface area contributed by atoms with E-state index in [4.69, 9.17) is 9.15 Å². The van der Waals surface area contributed by atoms with E-state index in [2.05, 4.69) is 34.6 Å². The third-order valence-electron chi connectivity index (χ3n) is 4.01. The molecule has 0 bridgehead atoms. The first-order valence-corrected chi connectivity index (χ1v) is 7.10. The molecule has 0 saturated heterocycles. The van der Waals surface area contributed by atoms with E-state index < -0.39 is 0 Å². The molecular formula is C17H16N2O2. The number of benzene rings is 2. The maximum Gasteiger partial charge on any atom is 0.196 e. The standard InChI is InChI=1S/C17H16N2O2/c1-20-14-7-4-8-15-17(14)19-16(21-15)9-11-10-18-13-6-3-2-5-12(11)13/h2-8,11,18H,9-10H2,1H3. The smallest absolute Gasteiger partial charge is 0.196 e. The Morgan fingerprint density at radius 3 is 3.05 bits per heavy atom.